The van der Waals surface area contributed by atoms with Crippen LogP contribution in [0.5, 0.6) is 5.88 Å². The Bertz CT molecular complexity index is 1260. The van der Waals surface area contributed by atoms with E-state index in [-0.39, 0.29) is 33.8 Å². The van der Waals surface area contributed by atoms with Crippen molar-refractivity contribution in [2.24, 2.45) is 5.92 Å². The molecule has 3 atom stereocenters. The summed E-state index contributed by atoms with van der Waals surface area (Å²) in [5.41, 5.74) is -0.829. The lowest BCUT2D eigenvalue weighted by molar-refractivity contribution is -0.137. The number of aromatic nitrogens is 3. The van der Waals surface area contributed by atoms with Crippen LogP contribution in [0.15, 0.2) is 48.9 Å². The van der Waals surface area contributed by atoms with E-state index in [2.05, 4.69) is 15.0 Å². The van der Waals surface area contributed by atoms with E-state index in [1.807, 2.05) is 0 Å². The van der Waals surface area contributed by atoms with Gasteiger partial charge >= 0.3 is 6.18 Å². The zero-order valence-electron chi connectivity index (χ0n) is 18.2. The summed E-state index contributed by atoms with van der Waals surface area (Å²) in [6.45, 7) is 0.418. The second kappa shape index (κ2) is 9.07. The lowest BCUT2D eigenvalue weighted by Crippen LogP contribution is -2.59. The highest BCUT2D eigenvalue weighted by atomic mass is 35.5. The fourth-order valence-electron chi connectivity index (χ4n) is 4.81. The first-order valence-corrected chi connectivity index (χ1v) is 11.4. The van der Waals surface area contributed by atoms with E-state index < -0.39 is 35.6 Å². The maximum atomic E-state index is 15.0. The molecule has 3 aliphatic rings. The number of rotatable bonds is 4. The second-order valence-electron chi connectivity index (χ2n) is 8.60. The quantitative estimate of drug-likeness (QED) is 0.442. The minimum atomic E-state index is -4.58. The largest absolute Gasteiger partial charge is 0.471 e. The first kappa shape index (κ1) is 23.5. The predicted octanol–water partition coefficient (Wildman–Crippen LogP) is 5.42. The molecule has 6 rings (SSSR count). The Morgan fingerprint density at radius 1 is 1.11 bits per heavy atom. The third-order valence-electron chi connectivity index (χ3n) is 6.41. The van der Waals surface area contributed by atoms with Gasteiger partial charge in [0.2, 0.25) is 5.88 Å². The van der Waals surface area contributed by atoms with Crippen LogP contribution >= 0.6 is 11.6 Å². The molecule has 35 heavy (non-hydrogen) atoms. The molecule has 2 aromatic heterocycles. The van der Waals surface area contributed by atoms with Crippen molar-refractivity contribution in [1.29, 1.82) is 0 Å². The van der Waals surface area contributed by atoms with Crippen molar-refractivity contribution in [1.82, 2.24) is 19.9 Å². The molecular weight excluding hydrogens is 488 g/mol. The highest BCUT2D eigenvalue weighted by molar-refractivity contribution is 6.31. The Balaban J connectivity index is 1.43. The van der Waals surface area contributed by atoms with E-state index in [0.29, 0.717) is 25.6 Å². The van der Waals surface area contributed by atoms with Gasteiger partial charge in [-0.05, 0) is 43.4 Å². The fourth-order valence-corrected chi connectivity index (χ4v) is 5.02. The molecule has 0 N–H and O–H groups in total. The van der Waals surface area contributed by atoms with Gasteiger partial charge in [-0.1, -0.05) is 23.7 Å². The zero-order valence-corrected chi connectivity index (χ0v) is 18.9. The fraction of sp³-hybridized carbons (Fsp3) is 0.333. The summed E-state index contributed by atoms with van der Waals surface area (Å²) in [6, 6.07) is 6.26. The summed E-state index contributed by atoms with van der Waals surface area (Å²) in [5, 5.41) is -0.267. The van der Waals surface area contributed by atoms with Crippen LogP contribution in [0.2, 0.25) is 5.02 Å². The number of carbonyl (C=O) groups is 1. The molecule has 3 aromatic rings. The minimum Gasteiger partial charge on any atom is -0.471 e. The molecule has 0 radical (unpaired) electrons. The number of amides is 1. The lowest BCUT2D eigenvalue weighted by atomic mass is 9.77. The molecule has 1 saturated carbocycles. The molecule has 4 heterocycles. The molecule has 1 amide bonds. The summed E-state index contributed by atoms with van der Waals surface area (Å²) in [5.74, 6) is -1.02. The average Bonchev–Trinajstić information content (AvgIpc) is 2.85. The van der Waals surface area contributed by atoms with E-state index in [1.54, 1.807) is 17.0 Å². The molecule has 182 valence electrons. The summed E-state index contributed by atoms with van der Waals surface area (Å²) < 4.78 is 59.7. The lowest BCUT2D eigenvalue weighted by Gasteiger charge is -2.49. The Labute approximate surface area is 202 Å². The molecule has 11 heteroatoms. The molecule has 1 aliphatic carbocycles. The van der Waals surface area contributed by atoms with Gasteiger partial charge in [0, 0.05) is 30.7 Å². The average molecular weight is 507 g/mol. The molecule has 3 unspecified atom stereocenters. The number of carbonyl (C=O) groups excluding carboxylic acids is 1. The van der Waals surface area contributed by atoms with E-state index >= 15 is 0 Å². The van der Waals surface area contributed by atoms with Crippen LogP contribution in [0, 0.1) is 11.7 Å². The monoisotopic (exact) mass is 506 g/mol. The number of fused-ring (bicyclic) bond motifs is 3. The third-order valence-corrected chi connectivity index (χ3v) is 6.68. The number of hydrogen-bond acceptors (Lipinski definition) is 5. The number of pyridine rings is 1. The summed E-state index contributed by atoms with van der Waals surface area (Å²) in [4.78, 5) is 27.3. The van der Waals surface area contributed by atoms with Crippen molar-refractivity contribution in [3.05, 3.63) is 70.9 Å². The molecule has 3 fully saturated rings. The van der Waals surface area contributed by atoms with Crippen LogP contribution in [0.4, 0.5) is 17.6 Å². The van der Waals surface area contributed by atoms with Crippen molar-refractivity contribution in [3.63, 3.8) is 0 Å². The Morgan fingerprint density at radius 2 is 1.89 bits per heavy atom. The van der Waals surface area contributed by atoms with Gasteiger partial charge in [-0.15, -0.1) is 0 Å². The molecule has 2 bridgehead atoms. The highest BCUT2D eigenvalue weighted by Gasteiger charge is 2.45. The minimum absolute atomic E-state index is 0.0883. The predicted molar refractivity (Wildman–Crippen MR) is 118 cm³/mol. The molecule has 2 aliphatic heterocycles. The molecule has 1 aromatic carbocycles. The molecule has 6 nitrogen and oxygen atoms in total. The van der Waals surface area contributed by atoms with E-state index in [1.165, 1.54) is 24.5 Å². The topological polar surface area (TPSA) is 68.2 Å². The summed E-state index contributed by atoms with van der Waals surface area (Å²) >= 11 is 6.03. The number of piperidine rings is 2. The van der Waals surface area contributed by atoms with Crippen molar-refractivity contribution in [3.8, 4) is 17.3 Å². The number of alkyl halides is 3. The van der Waals surface area contributed by atoms with Crippen LogP contribution in [0.3, 0.4) is 0 Å². The summed E-state index contributed by atoms with van der Waals surface area (Å²) in [6.07, 6.45) is 0.596. The molecular formula is C24H19ClF4N4O2. The number of hydrogen-bond donors (Lipinski definition) is 0. The molecule has 0 spiro atoms. The van der Waals surface area contributed by atoms with Gasteiger partial charge in [-0.3, -0.25) is 4.79 Å². The number of nitrogens with zero attached hydrogens (tertiary/aromatic N) is 4. The Hall–Kier alpha value is -3.27. The van der Waals surface area contributed by atoms with Crippen molar-refractivity contribution in [2.45, 2.75) is 37.6 Å². The van der Waals surface area contributed by atoms with Crippen LogP contribution in [-0.2, 0) is 6.18 Å². The highest BCUT2D eigenvalue weighted by Crippen LogP contribution is 2.40. The smallest absolute Gasteiger partial charge is 0.417 e. The van der Waals surface area contributed by atoms with Gasteiger partial charge in [0.05, 0.1) is 17.2 Å². The van der Waals surface area contributed by atoms with Gasteiger partial charge in [0.15, 0.2) is 5.82 Å². The van der Waals surface area contributed by atoms with Gasteiger partial charge < -0.3 is 9.64 Å². The second-order valence-corrected chi connectivity index (χ2v) is 9.01. The van der Waals surface area contributed by atoms with Gasteiger partial charge in [0.1, 0.15) is 16.9 Å². The van der Waals surface area contributed by atoms with Crippen molar-refractivity contribution in [2.75, 3.05) is 6.54 Å². The number of halogens is 5. The Kier molecular flexibility index (Phi) is 6.08. The summed E-state index contributed by atoms with van der Waals surface area (Å²) in [7, 11) is 0. The van der Waals surface area contributed by atoms with E-state index in [9.17, 15) is 22.4 Å². The van der Waals surface area contributed by atoms with Crippen LogP contribution in [0.25, 0.3) is 11.4 Å². The standard InChI is InChI=1S/C24H19ClF4N4O2/c25-16-10-14(24(27,28)29)11-32-22(16)35-19-9-13-5-6-18(19)33(12-13)23(34)20-15(3-1-4-17(20)26)21-30-7-2-8-31-21/h1-4,7-8,10-11,13,18-19H,5-6,9,12H2. The normalized spacial score (nSPS) is 21.7. The van der Waals surface area contributed by atoms with Crippen LogP contribution in [-0.4, -0.2) is 44.4 Å². The zero-order chi connectivity index (χ0) is 24.7. The first-order valence-electron chi connectivity index (χ1n) is 11.0. The maximum Gasteiger partial charge on any atom is 0.417 e. The SMILES string of the molecule is O=C(c1c(F)cccc1-c1ncccn1)N1CC2CCC1C(Oc1ncc(C(F)(F)F)cc1Cl)C2. The van der Waals surface area contributed by atoms with Crippen LogP contribution in [0.1, 0.15) is 35.2 Å². The van der Waals surface area contributed by atoms with Gasteiger partial charge in [-0.2, -0.15) is 13.2 Å². The number of ether oxygens (including phenoxy) is 1. The third kappa shape index (κ3) is 4.54. The van der Waals surface area contributed by atoms with Crippen molar-refractivity contribution < 1.29 is 27.1 Å². The van der Waals surface area contributed by atoms with Crippen molar-refractivity contribution >= 4 is 17.5 Å². The van der Waals surface area contributed by atoms with E-state index in [0.717, 1.165) is 12.5 Å². The van der Waals surface area contributed by atoms with Crippen LogP contribution < -0.4 is 4.74 Å². The first-order chi connectivity index (χ1) is 16.7. The maximum absolute atomic E-state index is 15.0. The number of benzene rings is 1. The Morgan fingerprint density at radius 3 is 2.57 bits per heavy atom. The molecule has 2 saturated heterocycles. The van der Waals surface area contributed by atoms with Gasteiger partial charge in [-0.25, -0.2) is 19.3 Å². The van der Waals surface area contributed by atoms with E-state index in [4.69, 9.17) is 16.3 Å². The van der Waals surface area contributed by atoms with Gasteiger partial charge in [0.25, 0.3) is 5.91 Å².